The van der Waals surface area contributed by atoms with Gasteiger partial charge in [0.1, 0.15) is 0 Å². The quantitative estimate of drug-likeness (QED) is 0.118. The van der Waals surface area contributed by atoms with E-state index >= 15 is 0 Å². The number of nitrogens with two attached hydrogens (primary N) is 1. The molecule has 0 saturated heterocycles. The molecule has 1 heteroatoms. The maximum Gasteiger partial charge on any atom is -0.00773 e. The molecule has 0 aliphatic heterocycles. The Morgan fingerprint density at radius 3 is 0.966 bits per heavy atom. The standard InChI is InChI=1S/C28H57N/c1-2-3-4-5-6-7-8-9-10-11-12-13-14-15-16-17-18-19-20-21-22-23-24-25-26-27-28-29/h20-21H,2-19,22-29H2,1H3. The summed E-state index contributed by atoms with van der Waals surface area (Å²) in [6.45, 7) is 3.16. The zero-order valence-electron chi connectivity index (χ0n) is 20.4. The third-order valence-electron chi connectivity index (χ3n) is 6.22. The summed E-state index contributed by atoms with van der Waals surface area (Å²) in [5.41, 5.74) is 5.52. The number of allylic oxidation sites excluding steroid dienone is 2. The van der Waals surface area contributed by atoms with Crippen molar-refractivity contribution in [2.24, 2.45) is 5.73 Å². The first-order valence-electron chi connectivity index (χ1n) is 13.8. The maximum atomic E-state index is 5.52. The monoisotopic (exact) mass is 407 g/mol. The van der Waals surface area contributed by atoms with E-state index < -0.39 is 0 Å². The van der Waals surface area contributed by atoms with E-state index in [1.54, 1.807) is 0 Å². The number of hydrogen-bond donors (Lipinski definition) is 1. The van der Waals surface area contributed by atoms with E-state index in [4.69, 9.17) is 5.73 Å². The second-order valence-corrected chi connectivity index (χ2v) is 9.26. The van der Waals surface area contributed by atoms with Crippen LogP contribution in [0.1, 0.15) is 161 Å². The molecule has 0 fully saturated rings. The zero-order chi connectivity index (χ0) is 21.1. The minimum atomic E-state index is 0.860. The van der Waals surface area contributed by atoms with Crippen molar-refractivity contribution >= 4 is 0 Å². The zero-order valence-corrected chi connectivity index (χ0v) is 20.4. The van der Waals surface area contributed by atoms with Crippen LogP contribution in [-0.2, 0) is 0 Å². The highest BCUT2D eigenvalue weighted by Gasteiger charge is 1.95. The third kappa shape index (κ3) is 27.7. The number of hydrogen-bond acceptors (Lipinski definition) is 1. The second kappa shape index (κ2) is 27.7. The molecule has 0 aromatic heterocycles. The van der Waals surface area contributed by atoms with E-state index in [1.165, 1.54) is 154 Å². The molecule has 1 nitrogen and oxygen atoms in total. The Kier molecular flexibility index (Phi) is 27.4. The van der Waals surface area contributed by atoms with Crippen LogP contribution in [0.5, 0.6) is 0 Å². The summed E-state index contributed by atoms with van der Waals surface area (Å²) in [5.74, 6) is 0. The van der Waals surface area contributed by atoms with E-state index in [0.717, 1.165) is 6.54 Å². The van der Waals surface area contributed by atoms with Gasteiger partial charge in [0, 0.05) is 0 Å². The van der Waals surface area contributed by atoms with Crippen molar-refractivity contribution in [1.82, 2.24) is 0 Å². The van der Waals surface area contributed by atoms with Gasteiger partial charge < -0.3 is 5.73 Å². The van der Waals surface area contributed by atoms with Crippen LogP contribution in [0.4, 0.5) is 0 Å². The molecule has 0 bridgehead atoms. The highest BCUT2D eigenvalue weighted by Crippen LogP contribution is 2.14. The highest BCUT2D eigenvalue weighted by molar-refractivity contribution is 4.81. The average Bonchev–Trinajstić information content (AvgIpc) is 2.74. The van der Waals surface area contributed by atoms with Crippen LogP contribution >= 0.6 is 0 Å². The Morgan fingerprint density at radius 2 is 0.655 bits per heavy atom. The van der Waals surface area contributed by atoms with Crippen LogP contribution in [0, 0.1) is 0 Å². The van der Waals surface area contributed by atoms with Gasteiger partial charge in [-0.15, -0.1) is 0 Å². The van der Waals surface area contributed by atoms with Gasteiger partial charge in [-0.3, -0.25) is 0 Å². The largest absolute Gasteiger partial charge is 0.330 e. The predicted molar refractivity (Wildman–Crippen MR) is 135 cm³/mol. The second-order valence-electron chi connectivity index (χ2n) is 9.26. The molecule has 0 amide bonds. The van der Waals surface area contributed by atoms with Crippen LogP contribution in [0.15, 0.2) is 12.2 Å². The van der Waals surface area contributed by atoms with Crippen LogP contribution in [0.2, 0.25) is 0 Å². The lowest BCUT2D eigenvalue weighted by Gasteiger charge is -2.03. The Bertz CT molecular complexity index is 297. The van der Waals surface area contributed by atoms with Crippen LogP contribution in [-0.4, -0.2) is 6.54 Å². The smallest absolute Gasteiger partial charge is 0.00773 e. The minimum absolute atomic E-state index is 0.860. The molecule has 0 saturated carbocycles. The molecule has 0 aromatic carbocycles. The molecule has 0 rings (SSSR count). The number of rotatable bonds is 25. The summed E-state index contributed by atoms with van der Waals surface area (Å²) < 4.78 is 0. The molecule has 0 aliphatic rings. The highest BCUT2D eigenvalue weighted by atomic mass is 14.5. The molecule has 0 spiro atoms. The average molecular weight is 408 g/mol. The first kappa shape index (κ1) is 28.7. The Labute approximate surface area is 185 Å². The molecule has 0 aromatic rings. The van der Waals surface area contributed by atoms with Gasteiger partial charge in [0.25, 0.3) is 0 Å². The van der Waals surface area contributed by atoms with Gasteiger partial charge in [0.05, 0.1) is 0 Å². The number of unbranched alkanes of at least 4 members (excludes halogenated alkanes) is 22. The fourth-order valence-electron chi connectivity index (χ4n) is 4.16. The van der Waals surface area contributed by atoms with Crippen molar-refractivity contribution in [3.05, 3.63) is 12.2 Å². The molecule has 2 N–H and O–H groups in total. The summed E-state index contributed by atoms with van der Waals surface area (Å²) in [7, 11) is 0. The molecule has 0 unspecified atom stereocenters. The summed E-state index contributed by atoms with van der Waals surface area (Å²) in [6, 6.07) is 0. The molecule has 0 aliphatic carbocycles. The molecule has 29 heavy (non-hydrogen) atoms. The van der Waals surface area contributed by atoms with Crippen molar-refractivity contribution in [3.63, 3.8) is 0 Å². The van der Waals surface area contributed by atoms with Crippen molar-refractivity contribution < 1.29 is 0 Å². The lowest BCUT2D eigenvalue weighted by molar-refractivity contribution is 0.527. The van der Waals surface area contributed by atoms with Crippen LogP contribution in [0.3, 0.4) is 0 Å². The normalized spacial score (nSPS) is 11.7. The van der Waals surface area contributed by atoms with E-state index in [9.17, 15) is 0 Å². The van der Waals surface area contributed by atoms with Gasteiger partial charge in [-0.25, -0.2) is 0 Å². The molecular formula is C28H57N. The fraction of sp³-hybridized carbons (Fsp3) is 0.929. The molecule has 0 heterocycles. The molecule has 0 radical (unpaired) electrons. The van der Waals surface area contributed by atoms with Crippen molar-refractivity contribution in [3.8, 4) is 0 Å². The van der Waals surface area contributed by atoms with E-state index in [-0.39, 0.29) is 0 Å². The lowest BCUT2D eigenvalue weighted by atomic mass is 10.0. The van der Waals surface area contributed by atoms with E-state index in [2.05, 4.69) is 19.1 Å². The summed E-state index contributed by atoms with van der Waals surface area (Å²) in [6.07, 6.45) is 38.8. The van der Waals surface area contributed by atoms with Gasteiger partial charge in [0.15, 0.2) is 0 Å². The third-order valence-corrected chi connectivity index (χ3v) is 6.22. The molecule has 174 valence electrons. The van der Waals surface area contributed by atoms with Crippen LogP contribution < -0.4 is 5.73 Å². The molecule has 0 atom stereocenters. The fourth-order valence-corrected chi connectivity index (χ4v) is 4.16. The maximum absolute atomic E-state index is 5.52. The SMILES string of the molecule is CCCCCCCCCCCCCCCCCCCC=CCCCCCCCN. The predicted octanol–water partition coefficient (Wildman–Crippen LogP) is 9.88. The molecular weight excluding hydrogens is 350 g/mol. The van der Waals surface area contributed by atoms with Gasteiger partial charge in [0.2, 0.25) is 0 Å². The Balaban J connectivity index is 3.04. The Hall–Kier alpha value is -0.300. The topological polar surface area (TPSA) is 26.0 Å². The Morgan fingerprint density at radius 1 is 0.379 bits per heavy atom. The van der Waals surface area contributed by atoms with Crippen molar-refractivity contribution in [2.75, 3.05) is 6.54 Å². The van der Waals surface area contributed by atoms with Gasteiger partial charge in [-0.1, -0.05) is 141 Å². The first-order valence-corrected chi connectivity index (χ1v) is 13.8. The summed E-state index contributed by atoms with van der Waals surface area (Å²) >= 11 is 0. The summed E-state index contributed by atoms with van der Waals surface area (Å²) in [5, 5.41) is 0. The van der Waals surface area contributed by atoms with Gasteiger partial charge in [-0.2, -0.15) is 0 Å². The lowest BCUT2D eigenvalue weighted by Crippen LogP contribution is -1.97. The van der Waals surface area contributed by atoms with Crippen molar-refractivity contribution in [1.29, 1.82) is 0 Å². The van der Waals surface area contributed by atoms with Crippen molar-refractivity contribution in [2.45, 2.75) is 161 Å². The van der Waals surface area contributed by atoms with Gasteiger partial charge >= 0.3 is 0 Å². The minimum Gasteiger partial charge on any atom is -0.330 e. The van der Waals surface area contributed by atoms with E-state index in [0.29, 0.717) is 0 Å². The first-order chi connectivity index (χ1) is 14.4. The summed E-state index contributed by atoms with van der Waals surface area (Å²) in [4.78, 5) is 0. The van der Waals surface area contributed by atoms with E-state index in [1.807, 2.05) is 0 Å². The van der Waals surface area contributed by atoms with Gasteiger partial charge in [-0.05, 0) is 38.6 Å². The van der Waals surface area contributed by atoms with Crippen LogP contribution in [0.25, 0.3) is 0 Å².